The monoisotopic (exact) mass is 187 g/mol. The van der Waals surface area contributed by atoms with Crippen molar-refractivity contribution in [3.05, 3.63) is 0 Å². The van der Waals surface area contributed by atoms with Crippen LogP contribution in [0.1, 0.15) is 26.7 Å². The second-order valence-corrected chi connectivity index (χ2v) is 5.27. The molecule has 1 fully saturated rings. The number of thioether (sulfide) groups is 1. The standard InChI is InChI=1S/C10H21NS/c1-9(2)8-12-6-5-11-7-10-3-4-10/h9-11H,3-8H2,1-2H3. The van der Waals surface area contributed by atoms with Gasteiger partial charge in [0, 0.05) is 12.3 Å². The fourth-order valence-corrected chi connectivity index (χ4v) is 2.02. The van der Waals surface area contributed by atoms with E-state index in [9.17, 15) is 0 Å². The van der Waals surface area contributed by atoms with Gasteiger partial charge in [0.1, 0.15) is 0 Å². The number of hydrogen-bond donors (Lipinski definition) is 1. The molecule has 1 nitrogen and oxygen atoms in total. The Morgan fingerprint density at radius 1 is 1.42 bits per heavy atom. The fraction of sp³-hybridized carbons (Fsp3) is 1.00. The quantitative estimate of drug-likeness (QED) is 0.614. The molecule has 0 radical (unpaired) electrons. The first-order valence-corrected chi connectivity index (χ1v) is 6.23. The average Bonchev–Trinajstić information content (AvgIpc) is 2.79. The van der Waals surface area contributed by atoms with Crippen molar-refractivity contribution in [2.45, 2.75) is 26.7 Å². The summed E-state index contributed by atoms with van der Waals surface area (Å²) in [6, 6.07) is 0. The van der Waals surface area contributed by atoms with Crippen molar-refractivity contribution in [2.75, 3.05) is 24.6 Å². The van der Waals surface area contributed by atoms with E-state index in [1.807, 2.05) is 0 Å². The van der Waals surface area contributed by atoms with Crippen molar-refractivity contribution in [3.8, 4) is 0 Å². The van der Waals surface area contributed by atoms with Gasteiger partial charge in [-0.05, 0) is 37.0 Å². The molecule has 0 aromatic carbocycles. The fourth-order valence-electron chi connectivity index (χ4n) is 1.09. The minimum Gasteiger partial charge on any atom is -0.316 e. The van der Waals surface area contributed by atoms with Crippen molar-refractivity contribution in [1.29, 1.82) is 0 Å². The zero-order valence-electron chi connectivity index (χ0n) is 8.31. The lowest BCUT2D eigenvalue weighted by molar-refractivity contribution is 0.665. The van der Waals surface area contributed by atoms with Crippen molar-refractivity contribution >= 4 is 11.8 Å². The van der Waals surface area contributed by atoms with Crippen LogP contribution in [0.15, 0.2) is 0 Å². The lowest BCUT2D eigenvalue weighted by atomic mass is 10.3. The van der Waals surface area contributed by atoms with Gasteiger partial charge in [0.15, 0.2) is 0 Å². The molecule has 1 aliphatic rings. The molecular formula is C10H21NS. The second-order valence-electron chi connectivity index (χ2n) is 4.12. The van der Waals surface area contributed by atoms with Gasteiger partial charge in [0.05, 0.1) is 0 Å². The topological polar surface area (TPSA) is 12.0 Å². The molecule has 0 amide bonds. The lowest BCUT2D eigenvalue weighted by Crippen LogP contribution is -2.19. The van der Waals surface area contributed by atoms with Crippen LogP contribution < -0.4 is 5.32 Å². The Balaban J connectivity index is 1.70. The Kier molecular flexibility index (Phi) is 5.08. The van der Waals surface area contributed by atoms with Gasteiger partial charge < -0.3 is 5.32 Å². The van der Waals surface area contributed by atoms with Crippen LogP contribution in [0, 0.1) is 11.8 Å². The van der Waals surface area contributed by atoms with E-state index < -0.39 is 0 Å². The molecule has 2 heteroatoms. The summed E-state index contributed by atoms with van der Waals surface area (Å²) in [4.78, 5) is 0. The van der Waals surface area contributed by atoms with E-state index >= 15 is 0 Å². The second kappa shape index (κ2) is 5.87. The molecule has 12 heavy (non-hydrogen) atoms. The third-order valence-electron chi connectivity index (χ3n) is 2.00. The molecule has 0 saturated heterocycles. The van der Waals surface area contributed by atoms with E-state index in [4.69, 9.17) is 0 Å². The molecule has 1 N–H and O–H groups in total. The number of nitrogens with one attached hydrogen (secondary N) is 1. The van der Waals surface area contributed by atoms with Crippen LogP contribution in [-0.2, 0) is 0 Å². The van der Waals surface area contributed by atoms with Crippen LogP contribution in [0.3, 0.4) is 0 Å². The van der Waals surface area contributed by atoms with Crippen molar-refractivity contribution in [2.24, 2.45) is 11.8 Å². The lowest BCUT2D eigenvalue weighted by Gasteiger charge is -2.05. The van der Waals surface area contributed by atoms with Gasteiger partial charge in [-0.15, -0.1) is 0 Å². The molecule has 1 aliphatic carbocycles. The maximum Gasteiger partial charge on any atom is 0.00582 e. The molecule has 0 aromatic rings. The highest BCUT2D eigenvalue weighted by molar-refractivity contribution is 7.99. The predicted molar refractivity (Wildman–Crippen MR) is 57.8 cm³/mol. The molecule has 0 bridgehead atoms. The molecule has 1 saturated carbocycles. The first kappa shape index (κ1) is 10.4. The summed E-state index contributed by atoms with van der Waals surface area (Å²) < 4.78 is 0. The first-order chi connectivity index (χ1) is 5.79. The minimum atomic E-state index is 0.846. The van der Waals surface area contributed by atoms with E-state index in [1.165, 1.54) is 37.4 Å². The van der Waals surface area contributed by atoms with Crippen LogP contribution in [0.25, 0.3) is 0 Å². The average molecular weight is 187 g/mol. The Labute approximate surface area is 80.7 Å². The maximum absolute atomic E-state index is 3.50. The Bertz CT molecular complexity index is 104. The first-order valence-electron chi connectivity index (χ1n) is 5.07. The Morgan fingerprint density at radius 3 is 2.75 bits per heavy atom. The molecule has 0 unspecified atom stereocenters. The summed E-state index contributed by atoms with van der Waals surface area (Å²) in [6.07, 6.45) is 2.93. The van der Waals surface area contributed by atoms with Crippen molar-refractivity contribution in [1.82, 2.24) is 5.32 Å². The van der Waals surface area contributed by atoms with Gasteiger partial charge in [-0.3, -0.25) is 0 Å². The van der Waals surface area contributed by atoms with E-state index in [-0.39, 0.29) is 0 Å². The van der Waals surface area contributed by atoms with Crippen LogP contribution in [0.2, 0.25) is 0 Å². The number of rotatable bonds is 7. The van der Waals surface area contributed by atoms with Gasteiger partial charge in [0.2, 0.25) is 0 Å². The summed E-state index contributed by atoms with van der Waals surface area (Å²) in [5.41, 5.74) is 0. The van der Waals surface area contributed by atoms with Crippen LogP contribution in [0.5, 0.6) is 0 Å². The number of hydrogen-bond acceptors (Lipinski definition) is 2. The summed E-state index contributed by atoms with van der Waals surface area (Å²) in [7, 11) is 0. The minimum absolute atomic E-state index is 0.846. The summed E-state index contributed by atoms with van der Waals surface area (Å²) in [5.74, 6) is 4.47. The van der Waals surface area contributed by atoms with Crippen LogP contribution >= 0.6 is 11.8 Å². The summed E-state index contributed by atoms with van der Waals surface area (Å²) in [6.45, 7) is 7.03. The van der Waals surface area contributed by atoms with E-state index in [0.717, 1.165) is 11.8 Å². The summed E-state index contributed by atoms with van der Waals surface area (Å²) >= 11 is 2.07. The molecular weight excluding hydrogens is 166 g/mol. The zero-order valence-corrected chi connectivity index (χ0v) is 9.12. The molecule has 72 valence electrons. The van der Waals surface area contributed by atoms with Gasteiger partial charge in [-0.2, -0.15) is 11.8 Å². The molecule has 0 heterocycles. The van der Waals surface area contributed by atoms with Gasteiger partial charge >= 0.3 is 0 Å². The molecule has 0 aliphatic heterocycles. The molecule has 1 rings (SSSR count). The van der Waals surface area contributed by atoms with Crippen molar-refractivity contribution in [3.63, 3.8) is 0 Å². The Morgan fingerprint density at radius 2 is 2.17 bits per heavy atom. The largest absolute Gasteiger partial charge is 0.316 e. The molecule has 0 aromatic heterocycles. The maximum atomic E-state index is 3.50. The Hall–Kier alpha value is 0.310. The van der Waals surface area contributed by atoms with E-state index in [2.05, 4.69) is 30.9 Å². The van der Waals surface area contributed by atoms with Crippen LogP contribution in [-0.4, -0.2) is 24.6 Å². The highest BCUT2D eigenvalue weighted by Gasteiger charge is 2.19. The predicted octanol–water partition coefficient (Wildman–Crippen LogP) is 2.38. The smallest absolute Gasteiger partial charge is 0.00582 e. The third-order valence-corrected chi connectivity index (χ3v) is 3.40. The third kappa shape index (κ3) is 5.90. The highest BCUT2D eigenvalue weighted by atomic mass is 32.2. The van der Waals surface area contributed by atoms with E-state index in [0.29, 0.717) is 0 Å². The SMILES string of the molecule is CC(C)CSCCNCC1CC1. The van der Waals surface area contributed by atoms with Gasteiger partial charge in [-0.1, -0.05) is 13.8 Å². The highest BCUT2D eigenvalue weighted by Crippen LogP contribution is 2.27. The normalized spacial score (nSPS) is 17.2. The summed E-state index contributed by atoms with van der Waals surface area (Å²) in [5, 5.41) is 3.50. The van der Waals surface area contributed by atoms with E-state index in [1.54, 1.807) is 0 Å². The van der Waals surface area contributed by atoms with Gasteiger partial charge in [-0.25, -0.2) is 0 Å². The van der Waals surface area contributed by atoms with Crippen molar-refractivity contribution < 1.29 is 0 Å². The molecule has 0 spiro atoms. The zero-order chi connectivity index (χ0) is 8.81. The molecule has 0 atom stereocenters. The van der Waals surface area contributed by atoms with Crippen LogP contribution in [0.4, 0.5) is 0 Å². The van der Waals surface area contributed by atoms with Gasteiger partial charge in [0.25, 0.3) is 0 Å².